The van der Waals surface area contributed by atoms with Crippen molar-refractivity contribution < 1.29 is 13.3 Å². The Kier molecular flexibility index (Phi) is 3.56. The lowest BCUT2D eigenvalue weighted by atomic mass is 9.92. The van der Waals surface area contributed by atoms with Gasteiger partial charge in [0.15, 0.2) is 9.84 Å². The lowest BCUT2D eigenvalue weighted by Crippen LogP contribution is -2.24. The number of hydrogen-bond acceptors (Lipinski definition) is 4. The molecule has 0 bridgehead atoms. The van der Waals surface area contributed by atoms with Gasteiger partial charge in [-0.3, -0.25) is 0 Å². The maximum Gasteiger partial charge on any atom is 0.178 e. The van der Waals surface area contributed by atoms with Gasteiger partial charge in [-0.25, -0.2) is 8.42 Å². The normalized spacial score (nSPS) is 20.6. The van der Waals surface area contributed by atoms with Gasteiger partial charge in [-0.15, -0.1) is 0 Å². The highest BCUT2D eigenvalue weighted by Crippen LogP contribution is 2.41. The molecule has 1 spiro atoms. The van der Waals surface area contributed by atoms with E-state index in [2.05, 4.69) is 5.16 Å². The zero-order valence-corrected chi connectivity index (χ0v) is 13.4. The van der Waals surface area contributed by atoms with E-state index in [4.69, 9.17) is 4.84 Å². The van der Waals surface area contributed by atoms with Gasteiger partial charge in [0, 0.05) is 12.0 Å². The van der Waals surface area contributed by atoms with E-state index >= 15 is 0 Å². The molecule has 1 heterocycles. The van der Waals surface area contributed by atoms with E-state index in [9.17, 15) is 8.42 Å². The third kappa shape index (κ3) is 2.59. The van der Waals surface area contributed by atoms with Crippen LogP contribution >= 0.6 is 0 Å². The number of hydrogen-bond donors (Lipinski definition) is 0. The molecule has 3 rings (SSSR count). The standard InChI is InChI=1S/C16H21NO3S/c1-3-21(18,19)15-10-13(7-6-12(15)2)14-11-16(20-17-14)8-4-5-9-16/h6-7,10H,3-5,8-9,11H2,1-2H3. The van der Waals surface area contributed by atoms with Crippen molar-refractivity contribution in [2.75, 3.05) is 5.75 Å². The lowest BCUT2D eigenvalue weighted by molar-refractivity contribution is -0.0126. The molecule has 5 heteroatoms. The molecular formula is C16H21NO3S. The van der Waals surface area contributed by atoms with E-state index in [1.165, 1.54) is 12.8 Å². The number of rotatable bonds is 3. The second-order valence-electron chi connectivity index (χ2n) is 6.08. The summed E-state index contributed by atoms with van der Waals surface area (Å²) in [6.45, 7) is 3.50. The molecule has 21 heavy (non-hydrogen) atoms. The number of nitrogens with zero attached hydrogens (tertiary/aromatic N) is 1. The Bertz CT molecular complexity index is 685. The van der Waals surface area contributed by atoms with E-state index in [0.29, 0.717) is 4.90 Å². The topological polar surface area (TPSA) is 55.7 Å². The van der Waals surface area contributed by atoms with Gasteiger partial charge in [0.05, 0.1) is 16.4 Å². The summed E-state index contributed by atoms with van der Waals surface area (Å²) in [5.41, 5.74) is 2.42. The fourth-order valence-electron chi connectivity index (χ4n) is 3.23. The van der Waals surface area contributed by atoms with Crippen molar-refractivity contribution in [1.82, 2.24) is 0 Å². The molecule has 1 aliphatic carbocycles. The van der Waals surface area contributed by atoms with Gasteiger partial charge < -0.3 is 4.84 Å². The summed E-state index contributed by atoms with van der Waals surface area (Å²) in [7, 11) is -3.20. The summed E-state index contributed by atoms with van der Waals surface area (Å²) in [5, 5.41) is 4.24. The Morgan fingerprint density at radius 2 is 2.00 bits per heavy atom. The van der Waals surface area contributed by atoms with Crippen molar-refractivity contribution in [2.24, 2.45) is 5.16 Å². The van der Waals surface area contributed by atoms with Gasteiger partial charge in [-0.2, -0.15) is 0 Å². The molecule has 0 N–H and O–H groups in total. The molecular weight excluding hydrogens is 286 g/mol. The highest BCUT2D eigenvalue weighted by atomic mass is 32.2. The number of benzene rings is 1. The average molecular weight is 307 g/mol. The molecule has 0 amide bonds. The first kappa shape index (κ1) is 14.6. The Morgan fingerprint density at radius 3 is 2.67 bits per heavy atom. The minimum Gasteiger partial charge on any atom is -0.389 e. The van der Waals surface area contributed by atoms with Crippen molar-refractivity contribution in [3.63, 3.8) is 0 Å². The second-order valence-corrected chi connectivity index (χ2v) is 8.33. The predicted molar refractivity (Wildman–Crippen MR) is 82.3 cm³/mol. The maximum absolute atomic E-state index is 12.2. The van der Waals surface area contributed by atoms with Crippen LogP contribution in [0.4, 0.5) is 0 Å². The first-order chi connectivity index (χ1) is 9.96. The van der Waals surface area contributed by atoms with Crippen molar-refractivity contribution in [2.45, 2.75) is 56.4 Å². The Morgan fingerprint density at radius 1 is 1.29 bits per heavy atom. The summed E-state index contributed by atoms with van der Waals surface area (Å²) < 4.78 is 24.3. The lowest BCUT2D eigenvalue weighted by Gasteiger charge is -2.19. The maximum atomic E-state index is 12.2. The van der Waals surface area contributed by atoms with Gasteiger partial charge >= 0.3 is 0 Å². The number of aryl methyl sites for hydroxylation is 1. The van der Waals surface area contributed by atoms with E-state index in [0.717, 1.165) is 36.1 Å². The highest BCUT2D eigenvalue weighted by Gasteiger charge is 2.42. The zero-order valence-electron chi connectivity index (χ0n) is 12.6. The molecule has 1 aliphatic heterocycles. The van der Waals surface area contributed by atoms with Crippen LogP contribution in [0.15, 0.2) is 28.3 Å². The third-order valence-electron chi connectivity index (χ3n) is 4.59. The van der Waals surface area contributed by atoms with Gasteiger partial charge in [0.1, 0.15) is 5.60 Å². The molecule has 0 aromatic heterocycles. The SMILES string of the molecule is CCS(=O)(=O)c1cc(C2=NOC3(CCCC3)C2)ccc1C. The minimum atomic E-state index is -3.20. The van der Waals surface area contributed by atoms with Crippen LogP contribution in [0.2, 0.25) is 0 Å². The first-order valence-electron chi connectivity index (χ1n) is 7.55. The van der Waals surface area contributed by atoms with Crippen molar-refractivity contribution >= 4 is 15.5 Å². The van der Waals surface area contributed by atoms with Gasteiger partial charge in [-0.05, 0) is 44.2 Å². The van der Waals surface area contributed by atoms with Gasteiger partial charge in [0.2, 0.25) is 0 Å². The molecule has 1 saturated carbocycles. The Hall–Kier alpha value is -1.36. The van der Waals surface area contributed by atoms with Crippen LogP contribution in [0, 0.1) is 6.92 Å². The Balaban J connectivity index is 1.92. The largest absolute Gasteiger partial charge is 0.389 e. The Labute approximate surface area is 126 Å². The summed E-state index contributed by atoms with van der Waals surface area (Å²) in [6, 6.07) is 5.56. The van der Waals surface area contributed by atoms with E-state index in [1.54, 1.807) is 13.0 Å². The number of oxime groups is 1. The van der Waals surface area contributed by atoms with E-state index < -0.39 is 9.84 Å². The van der Waals surface area contributed by atoms with Gasteiger partial charge in [0.25, 0.3) is 0 Å². The first-order valence-corrected chi connectivity index (χ1v) is 9.20. The summed E-state index contributed by atoms with van der Waals surface area (Å²) in [6.07, 6.45) is 5.26. The predicted octanol–water partition coefficient (Wildman–Crippen LogP) is 3.23. The summed E-state index contributed by atoms with van der Waals surface area (Å²) in [4.78, 5) is 6.10. The monoisotopic (exact) mass is 307 g/mol. The quantitative estimate of drug-likeness (QED) is 0.861. The molecule has 0 saturated heterocycles. The van der Waals surface area contributed by atoms with Crippen molar-refractivity contribution in [3.05, 3.63) is 29.3 Å². The molecule has 2 aliphatic rings. The molecule has 0 atom stereocenters. The van der Waals surface area contributed by atoms with Crippen LogP contribution in [0.5, 0.6) is 0 Å². The van der Waals surface area contributed by atoms with Crippen molar-refractivity contribution in [3.8, 4) is 0 Å². The summed E-state index contributed by atoms with van der Waals surface area (Å²) >= 11 is 0. The molecule has 0 radical (unpaired) electrons. The van der Waals surface area contributed by atoms with E-state index in [-0.39, 0.29) is 11.4 Å². The van der Waals surface area contributed by atoms with Crippen LogP contribution in [0.3, 0.4) is 0 Å². The molecule has 1 aromatic rings. The molecule has 1 aromatic carbocycles. The fourth-order valence-corrected chi connectivity index (χ4v) is 4.41. The smallest absolute Gasteiger partial charge is 0.178 e. The van der Waals surface area contributed by atoms with E-state index in [1.807, 2.05) is 19.1 Å². The molecule has 1 fully saturated rings. The fraction of sp³-hybridized carbons (Fsp3) is 0.562. The van der Waals surface area contributed by atoms with Crippen molar-refractivity contribution in [1.29, 1.82) is 0 Å². The average Bonchev–Trinajstić information content (AvgIpc) is 3.10. The van der Waals surface area contributed by atoms with Crippen LogP contribution < -0.4 is 0 Å². The molecule has 4 nitrogen and oxygen atoms in total. The highest BCUT2D eigenvalue weighted by molar-refractivity contribution is 7.91. The third-order valence-corrected chi connectivity index (χ3v) is 6.46. The number of sulfone groups is 1. The van der Waals surface area contributed by atoms with Gasteiger partial charge in [-0.1, -0.05) is 24.2 Å². The van der Waals surface area contributed by atoms with Crippen LogP contribution in [0.1, 0.15) is 50.2 Å². The van der Waals surface area contributed by atoms with Crippen LogP contribution in [0.25, 0.3) is 0 Å². The van der Waals surface area contributed by atoms with Crippen LogP contribution in [-0.4, -0.2) is 25.5 Å². The minimum absolute atomic E-state index is 0.115. The zero-order chi connectivity index (χ0) is 15.1. The second kappa shape index (κ2) is 5.13. The molecule has 114 valence electrons. The van der Waals surface area contributed by atoms with Crippen LogP contribution in [-0.2, 0) is 14.7 Å². The summed E-state index contributed by atoms with van der Waals surface area (Å²) in [5.74, 6) is 0.115. The molecule has 0 unspecified atom stereocenters.